The molecule has 2 N–H and O–H groups in total. The minimum absolute atomic E-state index is 0.0668. The van der Waals surface area contributed by atoms with E-state index in [4.69, 9.17) is 14.5 Å². The normalized spacial score (nSPS) is 26.3. The maximum absolute atomic E-state index is 13.1. The maximum Gasteiger partial charge on any atom is 0.325 e. The van der Waals surface area contributed by atoms with Crippen LogP contribution in [0.15, 0.2) is 36.4 Å². The van der Waals surface area contributed by atoms with Gasteiger partial charge in [-0.3, -0.25) is 19.4 Å². The number of benzene rings is 1. The van der Waals surface area contributed by atoms with Crippen molar-refractivity contribution in [2.24, 2.45) is 5.92 Å². The topological polar surface area (TPSA) is 110 Å². The van der Waals surface area contributed by atoms with Gasteiger partial charge in [0.05, 0.1) is 17.8 Å². The molecule has 1 fully saturated rings. The van der Waals surface area contributed by atoms with E-state index in [0.717, 1.165) is 16.5 Å². The molecule has 0 spiro atoms. The first-order chi connectivity index (χ1) is 17.7. The highest BCUT2D eigenvalue weighted by molar-refractivity contribution is 5.89. The lowest BCUT2D eigenvalue weighted by molar-refractivity contribution is -0.157. The molecule has 1 aromatic heterocycles. The number of carbonyl (C=O) groups is 3. The Kier molecular flexibility index (Phi) is 8.56. The second-order valence-electron chi connectivity index (χ2n) is 10.0. The molecule has 1 saturated heterocycles. The molecule has 37 heavy (non-hydrogen) atoms. The van der Waals surface area contributed by atoms with Crippen molar-refractivity contribution in [2.75, 3.05) is 13.2 Å². The number of hydrazine groups is 1. The van der Waals surface area contributed by atoms with Gasteiger partial charge in [-0.25, -0.2) is 10.4 Å². The zero-order chi connectivity index (χ0) is 26.5. The summed E-state index contributed by atoms with van der Waals surface area (Å²) in [4.78, 5) is 43.7. The number of amides is 2. The molecule has 1 aromatic carbocycles. The number of fused-ring (bicyclic) bond motifs is 4. The quantitative estimate of drug-likeness (QED) is 0.569. The van der Waals surface area contributed by atoms with Crippen LogP contribution >= 0.6 is 0 Å². The molecular formula is C28H36N4O5. The molecule has 198 valence electrons. The van der Waals surface area contributed by atoms with E-state index in [1.165, 1.54) is 5.01 Å². The van der Waals surface area contributed by atoms with Crippen LogP contribution in [-0.4, -0.2) is 59.1 Å². The van der Waals surface area contributed by atoms with Gasteiger partial charge in [-0.05, 0) is 56.7 Å². The van der Waals surface area contributed by atoms with E-state index >= 15 is 0 Å². The Morgan fingerprint density at radius 1 is 1.11 bits per heavy atom. The Labute approximate surface area is 217 Å². The summed E-state index contributed by atoms with van der Waals surface area (Å²) in [5.74, 6) is -1.16. The number of cyclic esters (lactones) is 1. The molecule has 2 aromatic rings. The fourth-order valence-corrected chi connectivity index (χ4v) is 4.56. The van der Waals surface area contributed by atoms with Gasteiger partial charge in [-0.15, -0.1) is 0 Å². The molecule has 2 amide bonds. The summed E-state index contributed by atoms with van der Waals surface area (Å²) in [5, 5.41) is 5.18. The molecule has 0 unspecified atom stereocenters. The number of carbonyl (C=O) groups excluding carboxylic acids is 3. The summed E-state index contributed by atoms with van der Waals surface area (Å²) in [5.41, 5.74) is 5.45. The number of nitrogens with one attached hydrogen (secondary N) is 2. The smallest absolute Gasteiger partial charge is 0.325 e. The van der Waals surface area contributed by atoms with E-state index in [9.17, 15) is 14.4 Å². The van der Waals surface area contributed by atoms with Crippen molar-refractivity contribution in [3.05, 3.63) is 47.7 Å². The lowest BCUT2D eigenvalue weighted by Crippen LogP contribution is -2.60. The Morgan fingerprint density at radius 2 is 1.89 bits per heavy atom. The monoisotopic (exact) mass is 508 g/mol. The van der Waals surface area contributed by atoms with Crippen molar-refractivity contribution in [2.45, 2.75) is 71.2 Å². The standard InChI is InChI=1S/C28H36N4O5/c1-17(2)25-26(33)29-18(3)27(34)32-14-7-9-23(31-32)28(35)37-19(4)22-13-12-21-11-10-20(16-24(21)30-22)8-5-6-15-36-25/h5,8,10-13,16-19,23,25,31H,6-7,9,14-15H2,1-4H3,(H,29,33)/t18-,19+,23-,25-/m0/s1. The number of esters is 1. The molecule has 0 aliphatic carbocycles. The highest BCUT2D eigenvalue weighted by atomic mass is 16.5. The molecule has 0 saturated carbocycles. The number of hydrogen-bond donors (Lipinski definition) is 2. The largest absolute Gasteiger partial charge is 0.455 e. The van der Waals surface area contributed by atoms with E-state index < -0.39 is 30.3 Å². The van der Waals surface area contributed by atoms with Crippen LogP contribution in [0.5, 0.6) is 0 Å². The molecule has 9 nitrogen and oxygen atoms in total. The predicted octanol–water partition coefficient (Wildman–Crippen LogP) is 3.30. The molecule has 9 heteroatoms. The molecule has 0 radical (unpaired) electrons. The second-order valence-corrected chi connectivity index (χ2v) is 10.0. The van der Waals surface area contributed by atoms with Crippen LogP contribution in [0.25, 0.3) is 17.0 Å². The minimum Gasteiger partial charge on any atom is -0.455 e. The molecule has 2 aliphatic rings. The summed E-state index contributed by atoms with van der Waals surface area (Å²) in [6.07, 6.45) is 4.56. The van der Waals surface area contributed by atoms with E-state index in [1.807, 2.05) is 56.3 Å². The van der Waals surface area contributed by atoms with E-state index in [-0.39, 0.29) is 17.7 Å². The SMILES string of the molecule is CC(C)[C@@H]1OCCC=Cc2ccc3ccc(nc3c2)[C@@H](C)OC(=O)[C@@H]2CCCN(N2)C(=O)[C@H](C)NC1=O. The summed E-state index contributed by atoms with van der Waals surface area (Å²) in [6.45, 7) is 8.05. The Bertz CT molecular complexity index is 1180. The molecule has 2 aliphatic heterocycles. The fraction of sp³-hybridized carbons (Fsp3) is 0.500. The fourth-order valence-electron chi connectivity index (χ4n) is 4.56. The predicted molar refractivity (Wildman–Crippen MR) is 140 cm³/mol. The molecular weight excluding hydrogens is 472 g/mol. The molecule has 3 heterocycles. The molecule has 4 rings (SSSR count). The van der Waals surface area contributed by atoms with Crippen LogP contribution in [0.3, 0.4) is 0 Å². The van der Waals surface area contributed by atoms with Crippen molar-refractivity contribution < 1.29 is 23.9 Å². The number of nitrogens with zero attached hydrogens (tertiary/aromatic N) is 2. The van der Waals surface area contributed by atoms with Crippen LogP contribution in [0.4, 0.5) is 0 Å². The highest BCUT2D eigenvalue weighted by Gasteiger charge is 2.33. The van der Waals surface area contributed by atoms with Gasteiger partial charge in [-0.2, -0.15) is 0 Å². The number of ether oxygens (including phenoxy) is 2. The van der Waals surface area contributed by atoms with Gasteiger partial charge in [0.25, 0.3) is 5.91 Å². The van der Waals surface area contributed by atoms with Crippen LogP contribution < -0.4 is 10.7 Å². The molecule has 4 atom stereocenters. The maximum atomic E-state index is 13.1. The number of pyridine rings is 1. The van der Waals surface area contributed by atoms with Crippen molar-refractivity contribution >= 4 is 34.8 Å². The number of rotatable bonds is 1. The summed E-state index contributed by atoms with van der Waals surface area (Å²) in [7, 11) is 0. The van der Waals surface area contributed by atoms with Gasteiger partial charge in [0.15, 0.2) is 0 Å². The minimum atomic E-state index is -0.783. The van der Waals surface area contributed by atoms with Gasteiger partial charge in [0, 0.05) is 11.9 Å². The first kappa shape index (κ1) is 26.8. The lowest BCUT2D eigenvalue weighted by atomic mass is 10.1. The van der Waals surface area contributed by atoms with Gasteiger partial charge >= 0.3 is 5.97 Å². The average molecular weight is 509 g/mol. The third kappa shape index (κ3) is 6.53. The highest BCUT2D eigenvalue weighted by Crippen LogP contribution is 2.22. The Hall–Kier alpha value is -3.30. The van der Waals surface area contributed by atoms with Gasteiger partial charge in [-0.1, -0.05) is 44.2 Å². The van der Waals surface area contributed by atoms with E-state index in [1.54, 1.807) is 13.8 Å². The van der Waals surface area contributed by atoms with E-state index in [0.29, 0.717) is 38.1 Å². The Balaban J connectivity index is 1.61. The van der Waals surface area contributed by atoms with Gasteiger partial charge in [0.2, 0.25) is 5.91 Å². The van der Waals surface area contributed by atoms with Gasteiger partial charge in [0.1, 0.15) is 24.3 Å². The lowest BCUT2D eigenvalue weighted by Gasteiger charge is -2.35. The van der Waals surface area contributed by atoms with Crippen LogP contribution in [0.1, 0.15) is 64.3 Å². The zero-order valence-corrected chi connectivity index (χ0v) is 21.9. The van der Waals surface area contributed by atoms with Crippen LogP contribution in [0.2, 0.25) is 0 Å². The van der Waals surface area contributed by atoms with Crippen molar-refractivity contribution in [3.63, 3.8) is 0 Å². The summed E-state index contributed by atoms with van der Waals surface area (Å²) in [6, 6.07) is 8.40. The Morgan fingerprint density at radius 3 is 2.68 bits per heavy atom. The van der Waals surface area contributed by atoms with Crippen LogP contribution in [-0.2, 0) is 23.9 Å². The summed E-state index contributed by atoms with van der Waals surface area (Å²) >= 11 is 0. The van der Waals surface area contributed by atoms with Gasteiger partial charge < -0.3 is 14.8 Å². The number of aromatic nitrogens is 1. The third-order valence-electron chi connectivity index (χ3n) is 6.67. The number of hydrogen-bond acceptors (Lipinski definition) is 7. The van der Waals surface area contributed by atoms with Crippen molar-refractivity contribution in [1.29, 1.82) is 0 Å². The first-order valence-electron chi connectivity index (χ1n) is 13.0. The average Bonchev–Trinajstić information content (AvgIpc) is 2.88. The third-order valence-corrected chi connectivity index (χ3v) is 6.67. The van der Waals surface area contributed by atoms with E-state index in [2.05, 4.69) is 10.7 Å². The zero-order valence-electron chi connectivity index (χ0n) is 21.9. The second kappa shape index (κ2) is 11.8. The van der Waals surface area contributed by atoms with Crippen molar-refractivity contribution in [1.82, 2.24) is 20.7 Å². The van der Waals surface area contributed by atoms with Crippen molar-refractivity contribution in [3.8, 4) is 0 Å². The summed E-state index contributed by atoms with van der Waals surface area (Å²) < 4.78 is 11.6. The van der Waals surface area contributed by atoms with Crippen LogP contribution in [0, 0.1) is 5.92 Å². The first-order valence-corrected chi connectivity index (χ1v) is 13.0. The molecule has 5 bridgehead atoms.